The van der Waals surface area contributed by atoms with Gasteiger partial charge in [0.2, 0.25) is 5.91 Å². The Balaban J connectivity index is 1.74. The molecule has 1 aromatic carbocycles. The lowest BCUT2D eigenvalue weighted by Crippen LogP contribution is -2.53. The van der Waals surface area contributed by atoms with Crippen LogP contribution in [-0.4, -0.2) is 28.4 Å². The van der Waals surface area contributed by atoms with E-state index in [1.165, 1.54) is 0 Å². The van der Waals surface area contributed by atoms with Gasteiger partial charge >= 0.3 is 0 Å². The molecule has 3 rings (SSSR count). The summed E-state index contributed by atoms with van der Waals surface area (Å²) in [6.07, 6.45) is 2.13. The van der Waals surface area contributed by atoms with Crippen molar-refractivity contribution in [3.63, 3.8) is 0 Å². The summed E-state index contributed by atoms with van der Waals surface area (Å²) in [6, 6.07) is 8.03. The number of para-hydroxylation sites is 1. The standard InChI is InChI=1S/C15H19N3OS/c1-15(16,10-7-8-10)14(19)18(2)9-13-17-11-5-3-4-6-12(11)20-13/h3-6,10H,7-9,16H2,1-2H3. The highest BCUT2D eigenvalue weighted by molar-refractivity contribution is 7.18. The molecule has 0 radical (unpaired) electrons. The molecule has 1 aromatic heterocycles. The van der Waals surface area contributed by atoms with Crippen molar-refractivity contribution in [2.75, 3.05) is 7.05 Å². The fourth-order valence-corrected chi connectivity index (χ4v) is 3.55. The minimum Gasteiger partial charge on any atom is -0.337 e. The van der Waals surface area contributed by atoms with Crippen molar-refractivity contribution in [2.24, 2.45) is 11.7 Å². The lowest BCUT2D eigenvalue weighted by molar-refractivity contribution is -0.136. The lowest BCUT2D eigenvalue weighted by Gasteiger charge is -2.28. The van der Waals surface area contributed by atoms with Crippen molar-refractivity contribution in [3.05, 3.63) is 29.3 Å². The quantitative estimate of drug-likeness (QED) is 0.940. The van der Waals surface area contributed by atoms with Gasteiger partial charge in [-0.05, 0) is 37.8 Å². The number of thiazole rings is 1. The van der Waals surface area contributed by atoms with E-state index in [1.807, 2.05) is 32.2 Å². The summed E-state index contributed by atoms with van der Waals surface area (Å²) in [5, 5.41) is 0.952. The van der Waals surface area contributed by atoms with Crippen LogP contribution in [0.15, 0.2) is 24.3 Å². The predicted molar refractivity (Wildman–Crippen MR) is 81.4 cm³/mol. The summed E-state index contributed by atoms with van der Waals surface area (Å²) in [7, 11) is 1.81. The van der Waals surface area contributed by atoms with Gasteiger partial charge in [-0.2, -0.15) is 0 Å². The van der Waals surface area contributed by atoms with Crippen molar-refractivity contribution >= 4 is 27.5 Å². The maximum Gasteiger partial charge on any atom is 0.242 e. The molecule has 4 nitrogen and oxygen atoms in total. The van der Waals surface area contributed by atoms with Crippen molar-refractivity contribution in [2.45, 2.75) is 31.8 Å². The van der Waals surface area contributed by atoms with E-state index < -0.39 is 5.54 Å². The molecule has 1 fully saturated rings. The van der Waals surface area contributed by atoms with E-state index in [2.05, 4.69) is 11.1 Å². The van der Waals surface area contributed by atoms with Gasteiger partial charge in [0.15, 0.2) is 0 Å². The molecule has 0 spiro atoms. The van der Waals surface area contributed by atoms with Crippen molar-refractivity contribution < 1.29 is 4.79 Å². The van der Waals surface area contributed by atoms with Crippen LogP contribution in [0.1, 0.15) is 24.8 Å². The SMILES string of the molecule is CN(Cc1nc2ccccc2s1)C(=O)C(C)(N)C1CC1. The third-order valence-electron chi connectivity index (χ3n) is 3.94. The number of amides is 1. The molecule has 2 N–H and O–H groups in total. The number of hydrogen-bond donors (Lipinski definition) is 1. The fourth-order valence-electron chi connectivity index (χ4n) is 2.53. The molecule has 20 heavy (non-hydrogen) atoms. The van der Waals surface area contributed by atoms with Gasteiger partial charge in [0.05, 0.1) is 22.3 Å². The van der Waals surface area contributed by atoms with Crippen molar-refractivity contribution in [1.82, 2.24) is 9.88 Å². The largest absolute Gasteiger partial charge is 0.337 e. The van der Waals surface area contributed by atoms with Crippen LogP contribution in [-0.2, 0) is 11.3 Å². The topological polar surface area (TPSA) is 59.2 Å². The molecule has 1 atom stereocenters. The first kappa shape index (κ1) is 13.5. The van der Waals surface area contributed by atoms with E-state index in [-0.39, 0.29) is 5.91 Å². The Labute approximate surface area is 122 Å². The van der Waals surface area contributed by atoms with Crippen LogP contribution < -0.4 is 5.73 Å². The van der Waals surface area contributed by atoms with Crippen LogP contribution in [0.4, 0.5) is 0 Å². The molecule has 2 aromatic rings. The summed E-state index contributed by atoms with van der Waals surface area (Å²) in [4.78, 5) is 18.7. The average Bonchev–Trinajstić information content (AvgIpc) is 3.19. The number of hydrogen-bond acceptors (Lipinski definition) is 4. The monoisotopic (exact) mass is 289 g/mol. The molecule has 1 aliphatic rings. The van der Waals surface area contributed by atoms with Crippen LogP contribution >= 0.6 is 11.3 Å². The number of aromatic nitrogens is 1. The number of fused-ring (bicyclic) bond motifs is 1. The van der Waals surface area contributed by atoms with Crippen LogP contribution in [0.3, 0.4) is 0 Å². The zero-order valence-electron chi connectivity index (χ0n) is 11.8. The third-order valence-corrected chi connectivity index (χ3v) is 4.96. The Morgan fingerprint density at radius 3 is 2.85 bits per heavy atom. The second-order valence-corrected chi connectivity index (χ2v) is 6.91. The number of rotatable bonds is 4. The van der Waals surface area contributed by atoms with Gasteiger partial charge in [0.25, 0.3) is 0 Å². The number of nitrogens with two attached hydrogens (primary N) is 1. The molecule has 1 unspecified atom stereocenters. The fraction of sp³-hybridized carbons (Fsp3) is 0.467. The second kappa shape index (κ2) is 4.82. The maximum absolute atomic E-state index is 12.4. The Morgan fingerprint density at radius 1 is 1.50 bits per heavy atom. The van der Waals surface area contributed by atoms with E-state index in [4.69, 9.17) is 5.73 Å². The lowest BCUT2D eigenvalue weighted by atomic mass is 9.95. The smallest absolute Gasteiger partial charge is 0.242 e. The van der Waals surface area contributed by atoms with E-state index in [0.717, 1.165) is 28.1 Å². The molecule has 1 aliphatic carbocycles. The van der Waals surface area contributed by atoms with E-state index in [1.54, 1.807) is 16.2 Å². The summed E-state index contributed by atoms with van der Waals surface area (Å²) in [5.41, 5.74) is 6.45. The minimum absolute atomic E-state index is 0.0132. The highest BCUT2D eigenvalue weighted by atomic mass is 32.1. The Kier molecular flexibility index (Phi) is 3.26. The van der Waals surface area contributed by atoms with Gasteiger partial charge < -0.3 is 10.6 Å². The zero-order chi connectivity index (χ0) is 14.3. The number of benzene rings is 1. The number of carbonyl (C=O) groups is 1. The molecule has 106 valence electrons. The molecule has 5 heteroatoms. The van der Waals surface area contributed by atoms with Crippen LogP contribution in [0.5, 0.6) is 0 Å². The number of likely N-dealkylation sites (N-methyl/N-ethyl adjacent to an activating group) is 1. The number of nitrogens with zero attached hydrogens (tertiary/aromatic N) is 2. The predicted octanol–water partition coefficient (Wildman–Crippen LogP) is 2.38. The molecule has 0 aliphatic heterocycles. The third kappa shape index (κ3) is 2.43. The van der Waals surface area contributed by atoms with Crippen LogP contribution in [0.2, 0.25) is 0 Å². The van der Waals surface area contributed by atoms with Gasteiger partial charge in [-0.25, -0.2) is 4.98 Å². The molecule has 1 saturated carbocycles. The van der Waals surface area contributed by atoms with Crippen molar-refractivity contribution in [1.29, 1.82) is 0 Å². The van der Waals surface area contributed by atoms with Crippen molar-refractivity contribution in [3.8, 4) is 0 Å². The molecule has 1 amide bonds. The normalized spacial score (nSPS) is 17.9. The first-order chi connectivity index (χ1) is 9.48. The van der Waals surface area contributed by atoms with Crippen LogP contribution in [0, 0.1) is 5.92 Å². The number of carbonyl (C=O) groups excluding carboxylic acids is 1. The molecular weight excluding hydrogens is 270 g/mol. The van der Waals surface area contributed by atoms with Crippen LogP contribution in [0.25, 0.3) is 10.2 Å². The Bertz CT molecular complexity index is 612. The molecule has 0 bridgehead atoms. The van der Waals surface area contributed by atoms with E-state index in [0.29, 0.717) is 12.5 Å². The summed E-state index contributed by atoms with van der Waals surface area (Å²) >= 11 is 1.63. The Hall–Kier alpha value is -1.46. The highest BCUT2D eigenvalue weighted by Gasteiger charge is 2.45. The van der Waals surface area contributed by atoms with Gasteiger partial charge in [-0.15, -0.1) is 11.3 Å². The summed E-state index contributed by atoms with van der Waals surface area (Å²) in [6.45, 7) is 2.37. The average molecular weight is 289 g/mol. The minimum atomic E-state index is -0.731. The van der Waals surface area contributed by atoms with Gasteiger partial charge in [-0.3, -0.25) is 4.79 Å². The first-order valence-corrected chi connectivity index (χ1v) is 7.69. The van der Waals surface area contributed by atoms with E-state index in [9.17, 15) is 4.79 Å². The zero-order valence-corrected chi connectivity index (χ0v) is 12.6. The van der Waals surface area contributed by atoms with Gasteiger partial charge in [0, 0.05) is 7.05 Å². The molecular formula is C15H19N3OS. The van der Waals surface area contributed by atoms with Gasteiger partial charge in [0.1, 0.15) is 5.01 Å². The summed E-state index contributed by atoms with van der Waals surface area (Å²) in [5.74, 6) is 0.354. The highest BCUT2D eigenvalue weighted by Crippen LogP contribution is 2.39. The van der Waals surface area contributed by atoms with Gasteiger partial charge in [-0.1, -0.05) is 12.1 Å². The Morgan fingerprint density at radius 2 is 2.20 bits per heavy atom. The van der Waals surface area contributed by atoms with E-state index >= 15 is 0 Å². The first-order valence-electron chi connectivity index (χ1n) is 6.87. The maximum atomic E-state index is 12.4. The second-order valence-electron chi connectivity index (χ2n) is 5.79. The summed E-state index contributed by atoms with van der Waals surface area (Å²) < 4.78 is 1.15. The molecule has 0 saturated heterocycles. The molecule has 1 heterocycles.